The number of nitrogens with two attached hydrogens (primary N) is 1. The van der Waals surface area contributed by atoms with Crippen molar-refractivity contribution in [2.24, 2.45) is 5.73 Å². The first-order valence-corrected chi connectivity index (χ1v) is 7.25. The second kappa shape index (κ2) is 6.85. The standard InChI is InChI=1S/C17H17N5O/c18-17(23)16(14-6-2-1-3-7-14)20-10-13-5-4-8-15(9-13)22-12-19-11-21-22/h1-9,11-12,16,20H,10H2,(H2,18,23)/t16-/m1/s1. The van der Waals surface area contributed by atoms with Gasteiger partial charge in [0.15, 0.2) is 0 Å². The quantitative estimate of drug-likeness (QED) is 0.724. The molecule has 116 valence electrons. The summed E-state index contributed by atoms with van der Waals surface area (Å²) < 4.78 is 1.69. The number of hydrogen-bond donors (Lipinski definition) is 2. The minimum absolute atomic E-state index is 0.399. The van der Waals surface area contributed by atoms with Crippen LogP contribution in [0.5, 0.6) is 0 Å². The Morgan fingerprint density at radius 3 is 2.70 bits per heavy atom. The molecule has 0 aliphatic heterocycles. The summed E-state index contributed by atoms with van der Waals surface area (Å²) in [5.74, 6) is -0.399. The second-order valence-electron chi connectivity index (χ2n) is 5.14. The summed E-state index contributed by atoms with van der Waals surface area (Å²) in [4.78, 5) is 15.7. The molecular weight excluding hydrogens is 290 g/mol. The summed E-state index contributed by atoms with van der Waals surface area (Å²) in [7, 11) is 0. The van der Waals surface area contributed by atoms with Crippen LogP contribution in [0.15, 0.2) is 67.3 Å². The van der Waals surface area contributed by atoms with E-state index in [0.717, 1.165) is 16.8 Å². The summed E-state index contributed by atoms with van der Waals surface area (Å²) in [6, 6.07) is 16.8. The van der Waals surface area contributed by atoms with Crippen molar-refractivity contribution in [2.45, 2.75) is 12.6 Å². The molecule has 0 aliphatic carbocycles. The Bertz CT molecular complexity index is 771. The average molecular weight is 307 g/mol. The fraction of sp³-hybridized carbons (Fsp3) is 0.118. The summed E-state index contributed by atoms with van der Waals surface area (Å²) >= 11 is 0. The number of carbonyl (C=O) groups excluding carboxylic acids is 1. The van der Waals surface area contributed by atoms with Crippen LogP contribution in [0.2, 0.25) is 0 Å². The third kappa shape index (κ3) is 3.61. The van der Waals surface area contributed by atoms with Crippen molar-refractivity contribution in [3.8, 4) is 5.69 Å². The summed E-state index contributed by atoms with van der Waals surface area (Å²) in [5.41, 5.74) is 8.31. The number of carbonyl (C=O) groups is 1. The van der Waals surface area contributed by atoms with E-state index in [4.69, 9.17) is 5.73 Å². The van der Waals surface area contributed by atoms with Crippen LogP contribution in [0.4, 0.5) is 0 Å². The maximum absolute atomic E-state index is 11.7. The minimum atomic E-state index is -0.522. The van der Waals surface area contributed by atoms with Crippen LogP contribution >= 0.6 is 0 Å². The Labute approximate surface area is 134 Å². The monoisotopic (exact) mass is 307 g/mol. The topological polar surface area (TPSA) is 85.8 Å². The molecule has 3 N–H and O–H groups in total. The lowest BCUT2D eigenvalue weighted by Crippen LogP contribution is -2.33. The predicted molar refractivity (Wildman–Crippen MR) is 86.6 cm³/mol. The van der Waals surface area contributed by atoms with Crippen molar-refractivity contribution in [1.82, 2.24) is 20.1 Å². The third-order valence-electron chi connectivity index (χ3n) is 3.52. The Morgan fingerprint density at radius 1 is 1.17 bits per heavy atom. The van der Waals surface area contributed by atoms with Gasteiger partial charge in [-0.3, -0.25) is 10.1 Å². The SMILES string of the molecule is NC(=O)[C@H](NCc1cccc(-n2cncn2)c1)c1ccccc1. The van der Waals surface area contributed by atoms with Crippen molar-refractivity contribution in [2.75, 3.05) is 0 Å². The van der Waals surface area contributed by atoms with E-state index in [2.05, 4.69) is 15.4 Å². The Morgan fingerprint density at radius 2 is 2.00 bits per heavy atom. The summed E-state index contributed by atoms with van der Waals surface area (Å²) in [6.07, 6.45) is 3.13. The fourth-order valence-corrected chi connectivity index (χ4v) is 2.40. The van der Waals surface area contributed by atoms with Crippen molar-refractivity contribution in [3.63, 3.8) is 0 Å². The molecule has 1 atom stereocenters. The Kier molecular flexibility index (Phi) is 4.44. The number of nitrogens with zero attached hydrogens (tertiary/aromatic N) is 3. The molecule has 0 saturated carbocycles. The molecule has 0 bridgehead atoms. The molecule has 2 aromatic carbocycles. The lowest BCUT2D eigenvalue weighted by atomic mass is 10.1. The highest BCUT2D eigenvalue weighted by molar-refractivity contribution is 5.81. The van der Waals surface area contributed by atoms with E-state index < -0.39 is 11.9 Å². The molecule has 1 aromatic heterocycles. The zero-order valence-corrected chi connectivity index (χ0v) is 12.5. The van der Waals surface area contributed by atoms with Gasteiger partial charge in [0.2, 0.25) is 5.91 Å². The number of aromatic nitrogens is 3. The number of rotatable bonds is 6. The van der Waals surface area contributed by atoms with Crippen LogP contribution in [0.1, 0.15) is 17.2 Å². The van der Waals surface area contributed by atoms with E-state index in [0.29, 0.717) is 6.54 Å². The molecule has 6 heteroatoms. The van der Waals surface area contributed by atoms with Gasteiger partial charge in [0.05, 0.1) is 5.69 Å². The van der Waals surface area contributed by atoms with Crippen LogP contribution in [0.25, 0.3) is 5.69 Å². The third-order valence-corrected chi connectivity index (χ3v) is 3.52. The first kappa shape index (κ1) is 14.9. The first-order chi connectivity index (χ1) is 11.2. The van der Waals surface area contributed by atoms with Gasteiger partial charge < -0.3 is 5.73 Å². The average Bonchev–Trinajstić information content (AvgIpc) is 3.11. The maximum Gasteiger partial charge on any atom is 0.239 e. The van der Waals surface area contributed by atoms with E-state index >= 15 is 0 Å². The molecule has 0 radical (unpaired) electrons. The smallest absolute Gasteiger partial charge is 0.239 e. The van der Waals surface area contributed by atoms with Gasteiger partial charge in [0, 0.05) is 6.54 Å². The van der Waals surface area contributed by atoms with Gasteiger partial charge in [-0.05, 0) is 23.3 Å². The second-order valence-corrected chi connectivity index (χ2v) is 5.14. The molecule has 3 rings (SSSR count). The highest BCUT2D eigenvalue weighted by atomic mass is 16.1. The molecule has 0 fully saturated rings. The number of primary amides is 1. The molecule has 1 amide bonds. The predicted octanol–water partition coefficient (Wildman–Crippen LogP) is 1.58. The molecule has 0 spiro atoms. The number of amides is 1. The Balaban J connectivity index is 1.74. The lowest BCUT2D eigenvalue weighted by molar-refractivity contribution is -0.120. The fourth-order valence-electron chi connectivity index (χ4n) is 2.40. The van der Waals surface area contributed by atoms with E-state index in [1.807, 2.05) is 54.6 Å². The van der Waals surface area contributed by atoms with E-state index in [-0.39, 0.29) is 0 Å². The number of benzene rings is 2. The van der Waals surface area contributed by atoms with E-state index in [1.165, 1.54) is 6.33 Å². The van der Waals surface area contributed by atoms with Gasteiger partial charge in [0.25, 0.3) is 0 Å². The highest BCUT2D eigenvalue weighted by Gasteiger charge is 2.16. The molecule has 1 heterocycles. The molecule has 6 nitrogen and oxygen atoms in total. The molecule has 0 saturated heterocycles. The lowest BCUT2D eigenvalue weighted by Gasteiger charge is -2.16. The van der Waals surface area contributed by atoms with Crippen molar-refractivity contribution in [1.29, 1.82) is 0 Å². The molecule has 3 aromatic rings. The van der Waals surface area contributed by atoms with E-state index in [9.17, 15) is 4.79 Å². The minimum Gasteiger partial charge on any atom is -0.368 e. The van der Waals surface area contributed by atoms with Crippen LogP contribution in [-0.4, -0.2) is 20.7 Å². The van der Waals surface area contributed by atoms with Crippen LogP contribution in [-0.2, 0) is 11.3 Å². The van der Waals surface area contributed by atoms with Crippen molar-refractivity contribution < 1.29 is 4.79 Å². The van der Waals surface area contributed by atoms with Crippen molar-refractivity contribution in [3.05, 3.63) is 78.4 Å². The summed E-state index contributed by atoms with van der Waals surface area (Å²) in [5, 5.41) is 7.31. The molecular formula is C17H17N5O. The molecule has 23 heavy (non-hydrogen) atoms. The highest BCUT2D eigenvalue weighted by Crippen LogP contribution is 2.14. The Hall–Kier alpha value is -2.99. The number of hydrogen-bond acceptors (Lipinski definition) is 4. The van der Waals surface area contributed by atoms with Gasteiger partial charge in [-0.15, -0.1) is 0 Å². The van der Waals surface area contributed by atoms with Crippen LogP contribution < -0.4 is 11.1 Å². The maximum atomic E-state index is 11.7. The molecule has 0 unspecified atom stereocenters. The van der Waals surface area contributed by atoms with Crippen LogP contribution in [0, 0.1) is 0 Å². The van der Waals surface area contributed by atoms with Crippen molar-refractivity contribution >= 4 is 5.91 Å². The zero-order chi connectivity index (χ0) is 16.1. The van der Waals surface area contributed by atoms with Gasteiger partial charge in [-0.2, -0.15) is 5.10 Å². The zero-order valence-electron chi connectivity index (χ0n) is 12.5. The largest absolute Gasteiger partial charge is 0.368 e. The van der Waals surface area contributed by atoms with Gasteiger partial charge in [-0.25, -0.2) is 9.67 Å². The first-order valence-electron chi connectivity index (χ1n) is 7.25. The summed E-state index contributed by atoms with van der Waals surface area (Å²) in [6.45, 7) is 0.519. The van der Waals surface area contributed by atoms with Gasteiger partial charge >= 0.3 is 0 Å². The normalized spacial score (nSPS) is 12.0. The van der Waals surface area contributed by atoms with E-state index in [1.54, 1.807) is 11.0 Å². The number of nitrogens with one attached hydrogen (secondary N) is 1. The molecule has 0 aliphatic rings. The van der Waals surface area contributed by atoms with Crippen LogP contribution in [0.3, 0.4) is 0 Å². The van der Waals surface area contributed by atoms with Gasteiger partial charge in [-0.1, -0.05) is 42.5 Å². The van der Waals surface area contributed by atoms with Gasteiger partial charge in [0.1, 0.15) is 18.7 Å².